The van der Waals surface area contributed by atoms with Crippen molar-refractivity contribution in [2.45, 2.75) is 11.7 Å². The zero-order valence-corrected chi connectivity index (χ0v) is 12.3. The summed E-state index contributed by atoms with van der Waals surface area (Å²) >= 11 is 5.89. The Bertz CT molecular complexity index is 784. The number of halogens is 1. The molecule has 1 heterocycles. The van der Waals surface area contributed by atoms with Crippen molar-refractivity contribution in [2.24, 2.45) is 0 Å². The summed E-state index contributed by atoms with van der Waals surface area (Å²) in [6.07, 6.45) is 1.37. The van der Waals surface area contributed by atoms with Gasteiger partial charge < -0.3 is 4.74 Å². The zero-order valence-electron chi connectivity index (χ0n) is 11.5. The average molecular weight is 307 g/mol. The molecule has 1 aliphatic rings. The molecule has 0 fully saturated rings. The summed E-state index contributed by atoms with van der Waals surface area (Å²) in [5.74, 6) is 0. The third-order valence-electron chi connectivity index (χ3n) is 3.60. The summed E-state index contributed by atoms with van der Waals surface area (Å²) in [5, 5.41) is 19.6. The average Bonchev–Trinajstić information content (AvgIpc) is 2.97. The first-order chi connectivity index (χ1) is 10.7. The van der Waals surface area contributed by atoms with E-state index in [0.717, 1.165) is 11.1 Å². The predicted molar refractivity (Wildman–Crippen MR) is 83.7 cm³/mol. The zero-order chi connectivity index (χ0) is 15.6. The first kappa shape index (κ1) is 14.4. The topological polar surface area (TPSA) is 56.8 Å². The van der Waals surface area contributed by atoms with Crippen LogP contribution >= 0.6 is 11.6 Å². The van der Waals surface area contributed by atoms with E-state index in [0.29, 0.717) is 10.6 Å². The van der Waals surface area contributed by atoms with Gasteiger partial charge in [-0.15, -0.1) is 0 Å². The first-order valence-corrected chi connectivity index (χ1v) is 7.10. The van der Waals surface area contributed by atoms with E-state index in [4.69, 9.17) is 16.3 Å². The summed E-state index contributed by atoms with van der Waals surface area (Å²) in [6, 6.07) is 20.5. The Kier molecular flexibility index (Phi) is 3.69. The minimum atomic E-state index is -1.59. The normalized spacial score (nSPS) is 19.0. The Labute approximate surface area is 133 Å². The van der Waals surface area contributed by atoms with Crippen LogP contribution in [0, 0.1) is 22.7 Å². The molecule has 4 heteroatoms. The highest BCUT2D eigenvalue weighted by atomic mass is 35.5. The molecule has 2 aromatic carbocycles. The van der Waals surface area contributed by atoms with Crippen LogP contribution in [0.2, 0.25) is 5.02 Å². The second-order valence-corrected chi connectivity index (χ2v) is 5.38. The highest BCUT2D eigenvalue weighted by Gasteiger charge is 2.44. The van der Waals surface area contributed by atoms with E-state index in [1.807, 2.05) is 60.7 Å². The van der Waals surface area contributed by atoms with Crippen LogP contribution in [-0.2, 0) is 4.74 Å². The van der Waals surface area contributed by atoms with Gasteiger partial charge >= 0.3 is 0 Å². The standard InChI is InChI=1S/C18H11ClN2O/c19-15-8-6-14(7-9-15)17-10-16(13-4-2-1-3-5-13)18(11-20,12-21)22-17/h1-10,17H. The van der Waals surface area contributed by atoms with Gasteiger partial charge in [0.2, 0.25) is 0 Å². The Morgan fingerprint density at radius 3 is 2.18 bits per heavy atom. The number of rotatable bonds is 2. The maximum absolute atomic E-state index is 9.50. The van der Waals surface area contributed by atoms with Gasteiger partial charge in [0.05, 0.1) is 0 Å². The van der Waals surface area contributed by atoms with Gasteiger partial charge in [-0.1, -0.05) is 54.1 Å². The lowest BCUT2D eigenvalue weighted by atomic mass is 9.91. The number of ether oxygens (including phenoxy) is 1. The maximum Gasteiger partial charge on any atom is 0.268 e. The van der Waals surface area contributed by atoms with Crippen LogP contribution in [0.1, 0.15) is 17.2 Å². The highest BCUT2D eigenvalue weighted by Crippen LogP contribution is 2.43. The Morgan fingerprint density at radius 1 is 0.955 bits per heavy atom. The molecule has 0 spiro atoms. The molecule has 1 aliphatic heterocycles. The molecule has 0 N–H and O–H groups in total. The summed E-state index contributed by atoms with van der Waals surface area (Å²) in [7, 11) is 0. The third-order valence-corrected chi connectivity index (χ3v) is 3.85. The van der Waals surface area contributed by atoms with E-state index in [1.165, 1.54) is 0 Å². The van der Waals surface area contributed by atoms with Crippen molar-refractivity contribution in [3.05, 3.63) is 76.8 Å². The highest BCUT2D eigenvalue weighted by molar-refractivity contribution is 6.30. The van der Waals surface area contributed by atoms with Crippen molar-refractivity contribution in [3.8, 4) is 12.1 Å². The molecule has 0 saturated heterocycles. The lowest BCUT2D eigenvalue weighted by Gasteiger charge is -2.18. The molecule has 0 aromatic heterocycles. The van der Waals surface area contributed by atoms with Gasteiger partial charge in [0.1, 0.15) is 18.2 Å². The van der Waals surface area contributed by atoms with Gasteiger partial charge in [-0.25, -0.2) is 0 Å². The minimum Gasteiger partial charge on any atom is -0.332 e. The van der Waals surface area contributed by atoms with E-state index >= 15 is 0 Å². The predicted octanol–water partition coefficient (Wildman–Crippen LogP) is 4.28. The van der Waals surface area contributed by atoms with Gasteiger partial charge in [0.15, 0.2) is 0 Å². The third kappa shape index (κ3) is 2.38. The van der Waals surface area contributed by atoms with Gasteiger partial charge in [-0.05, 0) is 29.3 Å². The van der Waals surface area contributed by atoms with Crippen molar-refractivity contribution in [2.75, 3.05) is 0 Å². The second kappa shape index (κ2) is 5.66. The number of hydrogen-bond acceptors (Lipinski definition) is 3. The quantitative estimate of drug-likeness (QED) is 0.832. The van der Waals surface area contributed by atoms with Crippen LogP contribution in [0.3, 0.4) is 0 Å². The van der Waals surface area contributed by atoms with Crippen molar-refractivity contribution < 1.29 is 4.74 Å². The van der Waals surface area contributed by atoms with Crippen LogP contribution in [-0.4, -0.2) is 5.60 Å². The number of benzene rings is 2. The Morgan fingerprint density at radius 2 is 1.59 bits per heavy atom. The van der Waals surface area contributed by atoms with Crippen LogP contribution in [0.5, 0.6) is 0 Å². The van der Waals surface area contributed by atoms with E-state index in [1.54, 1.807) is 12.1 Å². The van der Waals surface area contributed by atoms with Crippen LogP contribution in [0.15, 0.2) is 60.7 Å². The molecule has 0 bridgehead atoms. The van der Waals surface area contributed by atoms with Gasteiger partial charge in [0.25, 0.3) is 5.60 Å². The molecule has 3 rings (SSSR count). The van der Waals surface area contributed by atoms with E-state index in [-0.39, 0.29) is 0 Å². The van der Waals surface area contributed by atoms with E-state index in [9.17, 15) is 10.5 Å². The molecule has 2 aromatic rings. The van der Waals surface area contributed by atoms with Crippen molar-refractivity contribution in [1.82, 2.24) is 0 Å². The van der Waals surface area contributed by atoms with Crippen molar-refractivity contribution in [1.29, 1.82) is 10.5 Å². The molecular formula is C18H11ClN2O. The summed E-state index contributed by atoms with van der Waals surface area (Å²) in [5.41, 5.74) is 0.649. The fourth-order valence-corrected chi connectivity index (χ4v) is 2.61. The monoisotopic (exact) mass is 306 g/mol. The minimum absolute atomic E-state index is 0.452. The van der Waals surface area contributed by atoms with E-state index in [2.05, 4.69) is 0 Å². The van der Waals surface area contributed by atoms with E-state index < -0.39 is 11.7 Å². The van der Waals surface area contributed by atoms with Crippen LogP contribution < -0.4 is 0 Å². The second-order valence-electron chi connectivity index (χ2n) is 4.94. The lowest BCUT2D eigenvalue weighted by Crippen LogP contribution is -2.26. The van der Waals surface area contributed by atoms with Crippen LogP contribution in [0.4, 0.5) is 0 Å². The molecule has 106 valence electrons. The summed E-state index contributed by atoms with van der Waals surface area (Å²) in [4.78, 5) is 0. The van der Waals surface area contributed by atoms with Crippen molar-refractivity contribution in [3.63, 3.8) is 0 Å². The lowest BCUT2D eigenvalue weighted by molar-refractivity contribution is 0.0527. The first-order valence-electron chi connectivity index (χ1n) is 6.72. The Balaban J connectivity index is 2.07. The van der Waals surface area contributed by atoms with Gasteiger partial charge in [0, 0.05) is 10.6 Å². The molecular weight excluding hydrogens is 296 g/mol. The fraction of sp³-hybridized carbons (Fsp3) is 0.111. The maximum atomic E-state index is 9.50. The molecule has 0 amide bonds. The molecule has 22 heavy (non-hydrogen) atoms. The smallest absolute Gasteiger partial charge is 0.268 e. The van der Waals surface area contributed by atoms with Crippen LogP contribution in [0.25, 0.3) is 5.57 Å². The molecule has 1 atom stereocenters. The Hall–Kier alpha value is -2.59. The summed E-state index contributed by atoms with van der Waals surface area (Å²) in [6.45, 7) is 0. The SMILES string of the molecule is N#CC1(C#N)OC(c2ccc(Cl)cc2)C=C1c1ccccc1. The van der Waals surface area contributed by atoms with Gasteiger partial charge in [-0.2, -0.15) is 10.5 Å². The molecule has 3 nitrogen and oxygen atoms in total. The van der Waals surface area contributed by atoms with Crippen molar-refractivity contribution >= 4 is 17.2 Å². The van der Waals surface area contributed by atoms with Gasteiger partial charge in [-0.3, -0.25) is 0 Å². The number of hydrogen-bond donors (Lipinski definition) is 0. The molecule has 0 saturated carbocycles. The fourth-order valence-electron chi connectivity index (χ4n) is 2.49. The molecule has 0 aliphatic carbocycles. The summed E-state index contributed by atoms with van der Waals surface area (Å²) < 4.78 is 5.78. The molecule has 0 radical (unpaired) electrons. The largest absolute Gasteiger partial charge is 0.332 e. The number of nitrogens with zero attached hydrogens (tertiary/aromatic N) is 2. The molecule has 1 unspecified atom stereocenters. The number of nitriles is 2.